The lowest BCUT2D eigenvalue weighted by Crippen LogP contribution is -2.33. The van der Waals surface area contributed by atoms with Crippen LogP contribution < -0.4 is 0 Å². The molecule has 0 N–H and O–H groups in total. The van der Waals surface area contributed by atoms with E-state index in [4.69, 9.17) is 4.74 Å². The van der Waals surface area contributed by atoms with Crippen LogP contribution in [0.4, 0.5) is 0 Å². The van der Waals surface area contributed by atoms with Crippen molar-refractivity contribution in [1.82, 2.24) is 9.21 Å². The first-order valence-electron chi connectivity index (χ1n) is 8.21. The second-order valence-electron chi connectivity index (χ2n) is 6.02. The second kappa shape index (κ2) is 8.93. The summed E-state index contributed by atoms with van der Waals surface area (Å²) < 4.78 is 30.9. The molecule has 140 valence electrons. The number of nitrogens with zero attached hydrogens (tertiary/aromatic N) is 2. The fourth-order valence-corrected chi connectivity index (χ4v) is 3.39. The Labute approximate surface area is 155 Å². The fraction of sp³-hybridized carbons (Fsp3) is 0.316. The minimum atomic E-state index is -3.60. The summed E-state index contributed by atoms with van der Waals surface area (Å²) in [5.74, 6) is -0.235. The Morgan fingerprint density at radius 3 is 2.35 bits per heavy atom. The Hall–Kier alpha value is -2.22. The smallest absolute Gasteiger partial charge is 0.254 e. The average molecular weight is 376 g/mol. The largest absolute Gasteiger partial charge is 0.383 e. The van der Waals surface area contributed by atoms with E-state index in [1.54, 1.807) is 24.1 Å². The molecule has 26 heavy (non-hydrogen) atoms. The van der Waals surface area contributed by atoms with E-state index in [2.05, 4.69) is 0 Å². The Kier molecular flexibility index (Phi) is 6.90. The van der Waals surface area contributed by atoms with Crippen LogP contribution in [0.3, 0.4) is 0 Å². The van der Waals surface area contributed by atoms with Crippen LogP contribution in [0.2, 0.25) is 0 Å². The van der Waals surface area contributed by atoms with Gasteiger partial charge in [0.1, 0.15) is 0 Å². The zero-order valence-corrected chi connectivity index (χ0v) is 16.1. The Morgan fingerprint density at radius 2 is 1.73 bits per heavy atom. The highest BCUT2D eigenvalue weighted by atomic mass is 32.2. The van der Waals surface area contributed by atoms with Gasteiger partial charge in [0.15, 0.2) is 0 Å². The normalized spacial score (nSPS) is 11.5. The van der Waals surface area contributed by atoms with E-state index in [0.717, 1.165) is 9.87 Å². The van der Waals surface area contributed by atoms with Crippen molar-refractivity contribution in [3.05, 3.63) is 65.7 Å². The average Bonchev–Trinajstić information content (AvgIpc) is 2.65. The molecule has 1 amide bonds. The lowest BCUT2D eigenvalue weighted by molar-refractivity contribution is 0.0680. The Balaban J connectivity index is 2.30. The van der Waals surface area contributed by atoms with E-state index in [-0.39, 0.29) is 10.8 Å². The van der Waals surface area contributed by atoms with Gasteiger partial charge in [0, 0.05) is 39.9 Å². The molecule has 0 bridgehead atoms. The molecule has 0 radical (unpaired) electrons. The first-order valence-corrected chi connectivity index (χ1v) is 9.65. The number of hydrogen-bond acceptors (Lipinski definition) is 4. The van der Waals surface area contributed by atoms with Crippen molar-refractivity contribution in [1.29, 1.82) is 0 Å². The van der Waals surface area contributed by atoms with Crippen molar-refractivity contribution in [3.63, 3.8) is 0 Å². The molecular weight excluding hydrogens is 352 g/mol. The van der Waals surface area contributed by atoms with Crippen molar-refractivity contribution >= 4 is 15.9 Å². The van der Waals surface area contributed by atoms with Gasteiger partial charge in [0.2, 0.25) is 10.0 Å². The molecule has 0 fully saturated rings. The Bertz CT molecular complexity index is 836. The summed E-state index contributed by atoms with van der Waals surface area (Å²) in [6.45, 7) is 1.23. The van der Waals surface area contributed by atoms with E-state index in [1.807, 2.05) is 30.3 Å². The summed E-state index contributed by atoms with van der Waals surface area (Å²) in [7, 11) is 0.907. The van der Waals surface area contributed by atoms with E-state index in [9.17, 15) is 13.2 Å². The topological polar surface area (TPSA) is 66.9 Å². The predicted molar refractivity (Wildman–Crippen MR) is 100 cm³/mol. The first-order chi connectivity index (χ1) is 12.4. The summed E-state index contributed by atoms with van der Waals surface area (Å²) in [4.78, 5) is 14.7. The number of rotatable bonds is 8. The summed E-state index contributed by atoms with van der Waals surface area (Å²) >= 11 is 0. The van der Waals surface area contributed by atoms with Gasteiger partial charge < -0.3 is 9.64 Å². The molecule has 0 aliphatic carbocycles. The van der Waals surface area contributed by atoms with Gasteiger partial charge in [0.25, 0.3) is 5.91 Å². The predicted octanol–water partition coefficient (Wildman–Crippen LogP) is 2.23. The van der Waals surface area contributed by atoms with Crippen LogP contribution in [-0.4, -0.2) is 57.9 Å². The number of carbonyl (C=O) groups is 1. The minimum Gasteiger partial charge on any atom is -0.383 e. The van der Waals surface area contributed by atoms with Crippen molar-refractivity contribution in [2.24, 2.45) is 0 Å². The Morgan fingerprint density at radius 1 is 1.04 bits per heavy atom. The third-order valence-corrected chi connectivity index (χ3v) is 5.74. The van der Waals surface area contributed by atoms with Crippen molar-refractivity contribution in [2.75, 3.05) is 34.4 Å². The molecule has 7 heteroatoms. The third-order valence-electron chi connectivity index (χ3n) is 3.93. The lowest BCUT2D eigenvalue weighted by Gasteiger charge is -2.23. The van der Waals surface area contributed by atoms with Gasteiger partial charge in [-0.2, -0.15) is 0 Å². The maximum absolute atomic E-state index is 13.0. The maximum atomic E-state index is 13.0. The van der Waals surface area contributed by atoms with Gasteiger partial charge in [-0.25, -0.2) is 12.7 Å². The van der Waals surface area contributed by atoms with Crippen LogP contribution in [0.1, 0.15) is 15.9 Å². The van der Waals surface area contributed by atoms with Crippen molar-refractivity contribution in [2.45, 2.75) is 11.4 Å². The highest BCUT2D eigenvalue weighted by Gasteiger charge is 2.21. The van der Waals surface area contributed by atoms with Crippen LogP contribution in [0.25, 0.3) is 0 Å². The maximum Gasteiger partial charge on any atom is 0.254 e. The number of methoxy groups -OCH3 is 1. The minimum absolute atomic E-state index is 0.0970. The zero-order valence-electron chi connectivity index (χ0n) is 15.3. The molecular formula is C19H24N2O4S. The molecule has 0 aliphatic heterocycles. The van der Waals surface area contributed by atoms with Gasteiger partial charge in [-0.05, 0) is 23.8 Å². The summed E-state index contributed by atoms with van der Waals surface area (Å²) in [5.41, 5.74) is 1.33. The fourth-order valence-electron chi connectivity index (χ4n) is 2.44. The lowest BCUT2D eigenvalue weighted by atomic mass is 10.1. The standard InChI is InChI=1S/C19H24N2O4S/c1-20(2)26(23,24)18-11-7-10-17(14-18)19(22)21(12-13-25-3)15-16-8-5-4-6-9-16/h4-11,14H,12-13,15H2,1-3H3. The van der Waals surface area contributed by atoms with Crippen LogP contribution in [0.15, 0.2) is 59.5 Å². The van der Waals surface area contributed by atoms with Gasteiger partial charge >= 0.3 is 0 Å². The summed E-state index contributed by atoms with van der Waals surface area (Å²) in [6.07, 6.45) is 0. The molecule has 2 rings (SSSR count). The monoisotopic (exact) mass is 376 g/mol. The molecule has 0 aromatic heterocycles. The van der Waals surface area contributed by atoms with Crippen LogP contribution in [0.5, 0.6) is 0 Å². The zero-order chi connectivity index (χ0) is 19.2. The first kappa shape index (κ1) is 20.1. The molecule has 0 saturated carbocycles. The molecule has 2 aromatic carbocycles. The van der Waals surface area contributed by atoms with Gasteiger partial charge in [0.05, 0.1) is 11.5 Å². The SMILES string of the molecule is COCCN(Cc1ccccc1)C(=O)c1cccc(S(=O)(=O)N(C)C)c1. The highest BCUT2D eigenvalue weighted by Crippen LogP contribution is 2.17. The van der Waals surface area contributed by atoms with Crippen molar-refractivity contribution in [3.8, 4) is 0 Å². The van der Waals surface area contributed by atoms with Crippen LogP contribution in [0, 0.1) is 0 Å². The molecule has 0 unspecified atom stereocenters. The van der Waals surface area contributed by atoms with Crippen LogP contribution >= 0.6 is 0 Å². The molecule has 0 spiro atoms. The molecule has 0 atom stereocenters. The molecule has 0 saturated heterocycles. The molecule has 0 heterocycles. The quantitative estimate of drug-likeness (QED) is 0.709. The van der Waals surface area contributed by atoms with Crippen LogP contribution in [-0.2, 0) is 21.3 Å². The molecule has 6 nitrogen and oxygen atoms in total. The summed E-state index contributed by atoms with van der Waals surface area (Å²) in [5, 5.41) is 0. The van der Waals surface area contributed by atoms with Gasteiger partial charge in [-0.3, -0.25) is 4.79 Å². The van der Waals surface area contributed by atoms with E-state index in [1.165, 1.54) is 26.2 Å². The number of benzene rings is 2. The van der Waals surface area contributed by atoms with Crippen molar-refractivity contribution < 1.29 is 17.9 Å². The highest BCUT2D eigenvalue weighted by molar-refractivity contribution is 7.89. The number of hydrogen-bond donors (Lipinski definition) is 0. The number of amides is 1. The van der Waals surface area contributed by atoms with E-state index >= 15 is 0 Å². The number of carbonyl (C=O) groups excluding carboxylic acids is 1. The summed E-state index contributed by atoms with van der Waals surface area (Å²) in [6, 6.07) is 15.8. The van der Waals surface area contributed by atoms with E-state index < -0.39 is 10.0 Å². The second-order valence-corrected chi connectivity index (χ2v) is 8.17. The van der Waals surface area contributed by atoms with Gasteiger partial charge in [-0.1, -0.05) is 36.4 Å². The molecule has 0 aliphatic rings. The van der Waals surface area contributed by atoms with E-state index in [0.29, 0.717) is 25.3 Å². The number of sulfonamides is 1. The van der Waals surface area contributed by atoms with Gasteiger partial charge in [-0.15, -0.1) is 0 Å². The third kappa shape index (κ3) is 4.91. The number of ether oxygens (including phenoxy) is 1. The molecule has 2 aromatic rings.